The maximum Gasteiger partial charge on any atom is 0.0495 e. The van der Waals surface area contributed by atoms with E-state index in [9.17, 15) is 0 Å². The monoisotopic (exact) mass is 218 g/mol. The van der Waals surface area contributed by atoms with E-state index in [0.29, 0.717) is 0 Å². The molecule has 0 bridgehead atoms. The summed E-state index contributed by atoms with van der Waals surface area (Å²) >= 11 is 0. The van der Waals surface area contributed by atoms with Gasteiger partial charge in [0.25, 0.3) is 0 Å². The van der Waals surface area contributed by atoms with Crippen LogP contribution in [0, 0.1) is 0 Å². The van der Waals surface area contributed by atoms with E-state index < -0.39 is 0 Å². The largest absolute Gasteiger partial charge is 0.378 e. The third kappa shape index (κ3) is 2.76. The van der Waals surface area contributed by atoms with Gasteiger partial charge in [-0.05, 0) is 25.0 Å². The molecule has 2 rings (SSSR count). The third-order valence-corrected chi connectivity index (χ3v) is 3.63. The fraction of sp³-hybridized carbons (Fsp3) is 0.571. The Morgan fingerprint density at radius 3 is 2.19 bits per heavy atom. The van der Waals surface area contributed by atoms with Gasteiger partial charge in [-0.25, -0.2) is 0 Å². The number of anilines is 1. The van der Waals surface area contributed by atoms with Crippen molar-refractivity contribution >= 4 is 5.69 Å². The summed E-state index contributed by atoms with van der Waals surface area (Å²) in [5.74, 6) is 0. The average molecular weight is 218 g/mol. The Kier molecular flexibility index (Phi) is 3.83. The maximum absolute atomic E-state index is 5.99. The first-order chi connectivity index (χ1) is 7.85. The lowest BCUT2D eigenvalue weighted by Crippen LogP contribution is -2.45. The maximum atomic E-state index is 5.99. The summed E-state index contributed by atoms with van der Waals surface area (Å²) in [5.41, 5.74) is 7.33. The van der Waals surface area contributed by atoms with Crippen LogP contribution in [0.2, 0.25) is 0 Å². The molecule has 1 aromatic carbocycles. The van der Waals surface area contributed by atoms with E-state index >= 15 is 0 Å². The van der Waals surface area contributed by atoms with E-state index in [2.05, 4.69) is 29.6 Å². The minimum atomic E-state index is 0.137. The Morgan fingerprint density at radius 2 is 1.62 bits per heavy atom. The highest BCUT2D eigenvalue weighted by atomic mass is 15.0. The second-order valence-corrected chi connectivity index (χ2v) is 4.89. The van der Waals surface area contributed by atoms with Crippen molar-refractivity contribution in [1.82, 2.24) is 0 Å². The van der Waals surface area contributed by atoms with E-state index in [-0.39, 0.29) is 5.54 Å². The molecule has 2 nitrogen and oxygen atoms in total. The van der Waals surface area contributed by atoms with Crippen LogP contribution in [0.4, 0.5) is 5.69 Å². The molecule has 2 heteroatoms. The van der Waals surface area contributed by atoms with E-state index in [1.54, 1.807) is 0 Å². The number of nitrogens with two attached hydrogens (primary N) is 1. The highest BCUT2D eigenvalue weighted by Crippen LogP contribution is 2.29. The number of nitrogens with one attached hydrogen (secondary N) is 1. The number of hydrogen-bond acceptors (Lipinski definition) is 2. The van der Waals surface area contributed by atoms with Gasteiger partial charge in [-0.1, -0.05) is 43.9 Å². The minimum absolute atomic E-state index is 0.137. The van der Waals surface area contributed by atoms with E-state index in [4.69, 9.17) is 5.73 Å². The minimum Gasteiger partial charge on any atom is -0.378 e. The van der Waals surface area contributed by atoms with Crippen molar-refractivity contribution in [3.8, 4) is 0 Å². The van der Waals surface area contributed by atoms with Crippen LogP contribution in [0.1, 0.15) is 38.5 Å². The first-order valence-electron chi connectivity index (χ1n) is 6.38. The van der Waals surface area contributed by atoms with Gasteiger partial charge in [0.1, 0.15) is 0 Å². The van der Waals surface area contributed by atoms with Gasteiger partial charge in [0, 0.05) is 17.8 Å². The van der Waals surface area contributed by atoms with Gasteiger partial charge in [-0.15, -0.1) is 0 Å². The summed E-state index contributed by atoms with van der Waals surface area (Å²) in [7, 11) is 0. The van der Waals surface area contributed by atoms with Crippen LogP contribution in [0.15, 0.2) is 30.3 Å². The molecule has 16 heavy (non-hydrogen) atoms. The molecule has 0 heterocycles. The summed E-state index contributed by atoms with van der Waals surface area (Å²) in [6.45, 7) is 0.738. The molecule has 1 aliphatic carbocycles. The van der Waals surface area contributed by atoms with Crippen molar-refractivity contribution in [3.63, 3.8) is 0 Å². The normalized spacial score (nSPS) is 20.1. The Morgan fingerprint density at radius 1 is 1.00 bits per heavy atom. The van der Waals surface area contributed by atoms with Crippen molar-refractivity contribution in [3.05, 3.63) is 30.3 Å². The van der Waals surface area contributed by atoms with E-state index in [1.807, 2.05) is 6.07 Å². The smallest absolute Gasteiger partial charge is 0.0495 e. The van der Waals surface area contributed by atoms with Crippen molar-refractivity contribution in [2.24, 2.45) is 5.73 Å². The predicted octanol–water partition coefficient (Wildman–Crippen LogP) is 3.15. The molecule has 1 aliphatic rings. The number of rotatable bonds is 3. The third-order valence-electron chi connectivity index (χ3n) is 3.63. The molecule has 1 aromatic rings. The lowest BCUT2D eigenvalue weighted by Gasteiger charge is -2.33. The highest BCUT2D eigenvalue weighted by Gasteiger charge is 2.28. The summed E-state index contributed by atoms with van der Waals surface area (Å²) in [5, 5.41) is 3.66. The van der Waals surface area contributed by atoms with Crippen molar-refractivity contribution in [1.29, 1.82) is 0 Å². The molecule has 0 amide bonds. The highest BCUT2D eigenvalue weighted by molar-refractivity contribution is 5.45. The topological polar surface area (TPSA) is 38.0 Å². The van der Waals surface area contributed by atoms with Gasteiger partial charge in [0.2, 0.25) is 0 Å². The van der Waals surface area contributed by atoms with Gasteiger partial charge in [-0.3, -0.25) is 0 Å². The van der Waals surface area contributed by atoms with Gasteiger partial charge < -0.3 is 11.1 Å². The fourth-order valence-corrected chi connectivity index (χ4v) is 2.61. The standard InChI is InChI=1S/C14H22N2/c15-12-14(10-6-1-2-7-11-14)16-13-8-4-3-5-9-13/h3-5,8-9,16H,1-2,6-7,10-12,15H2. The molecule has 1 fully saturated rings. The number of benzene rings is 1. The lowest BCUT2D eigenvalue weighted by molar-refractivity contribution is 0.418. The second kappa shape index (κ2) is 5.35. The molecule has 0 unspecified atom stereocenters. The van der Waals surface area contributed by atoms with Crippen LogP contribution in [0.5, 0.6) is 0 Å². The molecule has 0 aromatic heterocycles. The van der Waals surface area contributed by atoms with Crippen LogP contribution in [-0.2, 0) is 0 Å². The molecule has 0 saturated heterocycles. The van der Waals surface area contributed by atoms with Crippen LogP contribution < -0.4 is 11.1 Å². The molecule has 0 atom stereocenters. The molecule has 0 aliphatic heterocycles. The van der Waals surface area contributed by atoms with Crippen molar-refractivity contribution in [2.75, 3.05) is 11.9 Å². The van der Waals surface area contributed by atoms with Crippen LogP contribution >= 0.6 is 0 Å². The van der Waals surface area contributed by atoms with E-state index in [0.717, 1.165) is 6.54 Å². The van der Waals surface area contributed by atoms with Gasteiger partial charge in [0.15, 0.2) is 0 Å². The molecule has 0 radical (unpaired) electrons. The first-order valence-corrected chi connectivity index (χ1v) is 6.38. The fourth-order valence-electron chi connectivity index (χ4n) is 2.61. The quantitative estimate of drug-likeness (QED) is 0.765. The summed E-state index contributed by atoms with van der Waals surface area (Å²) in [6, 6.07) is 10.4. The van der Waals surface area contributed by atoms with E-state index in [1.165, 1.54) is 44.2 Å². The second-order valence-electron chi connectivity index (χ2n) is 4.89. The summed E-state index contributed by atoms with van der Waals surface area (Å²) in [6.07, 6.45) is 7.74. The SMILES string of the molecule is NCC1(Nc2ccccc2)CCCCCC1. The zero-order valence-corrected chi connectivity index (χ0v) is 9.91. The van der Waals surface area contributed by atoms with Crippen LogP contribution in [0.25, 0.3) is 0 Å². The first kappa shape index (κ1) is 11.5. The Balaban J connectivity index is 2.08. The van der Waals surface area contributed by atoms with Gasteiger partial charge >= 0.3 is 0 Å². The Labute approximate surface area is 98.2 Å². The Hall–Kier alpha value is -1.02. The number of hydrogen-bond donors (Lipinski definition) is 2. The molecular weight excluding hydrogens is 196 g/mol. The summed E-state index contributed by atoms with van der Waals surface area (Å²) < 4.78 is 0. The number of para-hydroxylation sites is 1. The van der Waals surface area contributed by atoms with Crippen LogP contribution in [-0.4, -0.2) is 12.1 Å². The molecule has 1 saturated carbocycles. The molecule has 3 N–H and O–H groups in total. The molecule has 0 spiro atoms. The van der Waals surface area contributed by atoms with Gasteiger partial charge in [0.05, 0.1) is 0 Å². The lowest BCUT2D eigenvalue weighted by atomic mass is 9.90. The molecule has 88 valence electrons. The Bertz CT molecular complexity index is 300. The molecular formula is C14H22N2. The summed E-state index contributed by atoms with van der Waals surface area (Å²) in [4.78, 5) is 0. The average Bonchev–Trinajstić information content (AvgIpc) is 2.57. The predicted molar refractivity (Wildman–Crippen MR) is 69.6 cm³/mol. The zero-order chi connectivity index (χ0) is 11.3. The van der Waals surface area contributed by atoms with Crippen molar-refractivity contribution in [2.45, 2.75) is 44.1 Å². The van der Waals surface area contributed by atoms with Gasteiger partial charge in [-0.2, -0.15) is 0 Å². The van der Waals surface area contributed by atoms with Crippen LogP contribution in [0.3, 0.4) is 0 Å². The zero-order valence-electron chi connectivity index (χ0n) is 9.91. The van der Waals surface area contributed by atoms with Crippen molar-refractivity contribution < 1.29 is 0 Å².